The molecule has 2 aromatic rings. The number of rotatable bonds is 2. The third kappa shape index (κ3) is 3.04. The summed E-state index contributed by atoms with van der Waals surface area (Å²) < 4.78 is 1.72. The van der Waals surface area contributed by atoms with Gasteiger partial charge < -0.3 is 10.6 Å². The van der Waals surface area contributed by atoms with Gasteiger partial charge in [0, 0.05) is 18.3 Å². The van der Waals surface area contributed by atoms with Crippen LogP contribution in [-0.2, 0) is 0 Å². The highest BCUT2D eigenvalue weighted by molar-refractivity contribution is 6.00. The zero-order chi connectivity index (χ0) is 14.1. The molecule has 114 valence electrons. The first-order valence-corrected chi connectivity index (χ1v) is 7.13. The molecule has 2 N–H and O–H groups in total. The standard InChI is InChI=1S/C15H20N4O.ClH/c1-10-6-7-16-11(2)14(10)18-15(20)12-9-17-19-8-4-3-5-13(12)19;/h3-5,8-11,14,16H,6-7H2,1-2H3,(H,18,20);1H. The smallest absolute Gasteiger partial charge is 0.255 e. The highest BCUT2D eigenvalue weighted by atomic mass is 35.5. The van der Waals surface area contributed by atoms with Gasteiger partial charge in [0.1, 0.15) is 0 Å². The topological polar surface area (TPSA) is 58.4 Å². The van der Waals surface area contributed by atoms with Crippen molar-refractivity contribution in [2.24, 2.45) is 5.92 Å². The Labute approximate surface area is 130 Å². The van der Waals surface area contributed by atoms with E-state index < -0.39 is 0 Å². The van der Waals surface area contributed by atoms with Crippen LogP contribution in [0.4, 0.5) is 0 Å². The lowest BCUT2D eigenvalue weighted by atomic mass is 9.89. The zero-order valence-corrected chi connectivity index (χ0v) is 13.1. The van der Waals surface area contributed by atoms with Crippen LogP contribution in [0, 0.1) is 5.92 Å². The van der Waals surface area contributed by atoms with E-state index in [0.717, 1.165) is 18.5 Å². The Kier molecular flexibility index (Phi) is 4.85. The van der Waals surface area contributed by atoms with E-state index in [1.54, 1.807) is 10.7 Å². The number of nitrogens with one attached hydrogen (secondary N) is 2. The van der Waals surface area contributed by atoms with Gasteiger partial charge in [-0.05, 0) is 37.9 Å². The summed E-state index contributed by atoms with van der Waals surface area (Å²) in [5.41, 5.74) is 1.48. The SMILES string of the molecule is CC1CCNC(C)C1NC(=O)c1cnn2ccccc12.Cl. The number of piperidine rings is 1. The Morgan fingerprint density at radius 3 is 3.00 bits per heavy atom. The molecule has 1 amide bonds. The fourth-order valence-corrected chi connectivity index (χ4v) is 2.94. The molecule has 3 heterocycles. The quantitative estimate of drug-likeness (QED) is 0.890. The molecule has 3 rings (SSSR count). The van der Waals surface area contributed by atoms with Gasteiger partial charge in [0.2, 0.25) is 0 Å². The molecule has 3 unspecified atom stereocenters. The lowest BCUT2D eigenvalue weighted by molar-refractivity contribution is 0.0899. The third-order valence-corrected chi connectivity index (χ3v) is 4.19. The van der Waals surface area contributed by atoms with Crippen LogP contribution in [0.25, 0.3) is 5.52 Å². The average Bonchev–Trinajstić information content (AvgIpc) is 2.87. The van der Waals surface area contributed by atoms with E-state index in [-0.39, 0.29) is 24.4 Å². The number of carbonyl (C=O) groups excluding carboxylic acids is 1. The number of hydrogen-bond donors (Lipinski definition) is 2. The molecule has 0 radical (unpaired) electrons. The molecular formula is C15H21ClN4O. The van der Waals surface area contributed by atoms with Gasteiger partial charge in [-0.15, -0.1) is 12.4 Å². The molecule has 1 saturated heterocycles. The van der Waals surface area contributed by atoms with Crippen molar-refractivity contribution in [3.8, 4) is 0 Å². The highest BCUT2D eigenvalue weighted by Crippen LogP contribution is 2.17. The Morgan fingerprint density at radius 2 is 2.24 bits per heavy atom. The van der Waals surface area contributed by atoms with Gasteiger partial charge in [0.15, 0.2) is 0 Å². The lowest BCUT2D eigenvalue weighted by Crippen LogP contribution is -2.55. The number of fused-ring (bicyclic) bond motifs is 1. The third-order valence-electron chi connectivity index (χ3n) is 4.19. The van der Waals surface area contributed by atoms with Gasteiger partial charge in [-0.2, -0.15) is 5.10 Å². The van der Waals surface area contributed by atoms with Crippen molar-refractivity contribution in [2.75, 3.05) is 6.54 Å². The van der Waals surface area contributed by atoms with Crippen LogP contribution in [0.1, 0.15) is 30.6 Å². The molecule has 0 spiro atoms. The first-order valence-electron chi connectivity index (χ1n) is 7.13. The number of nitrogens with zero attached hydrogens (tertiary/aromatic N) is 2. The molecule has 0 aromatic carbocycles. The van der Waals surface area contributed by atoms with Crippen LogP contribution in [0.3, 0.4) is 0 Å². The van der Waals surface area contributed by atoms with E-state index >= 15 is 0 Å². The Balaban J connectivity index is 0.00000161. The van der Waals surface area contributed by atoms with Crippen molar-refractivity contribution in [3.63, 3.8) is 0 Å². The van der Waals surface area contributed by atoms with E-state index in [1.807, 2.05) is 24.4 Å². The maximum atomic E-state index is 12.5. The summed E-state index contributed by atoms with van der Waals surface area (Å²) in [7, 11) is 0. The molecular weight excluding hydrogens is 288 g/mol. The van der Waals surface area contributed by atoms with Gasteiger partial charge in [-0.25, -0.2) is 4.52 Å². The van der Waals surface area contributed by atoms with Crippen molar-refractivity contribution < 1.29 is 4.79 Å². The minimum Gasteiger partial charge on any atom is -0.347 e. The summed E-state index contributed by atoms with van der Waals surface area (Å²) >= 11 is 0. The van der Waals surface area contributed by atoms with Crippen LogP contribution < -0.4 is 10.6 Å². The van der Waals surface area contributed by atoms with Gasteiger partial charge >= 0.3 is 0 Å². The predicted octanol–water partition coefficient (Wildman–Crippen LogP) is 1.87. The second-order valence-corrected chi connectivity index (χ2v) is 5.60. The first kappa shape index (κ1) is 15.8. The van der Waals surface area contributed by atoms with Crippen molar-refractivity contribution in [1.29, 1.82) is 0 Å². The van der Waals surface area contributed by atoms with E-state index in [1.165, 1.54) is 0 Å². The second kappa shape index (κ2) is 6.45. The molecule has 21 heavy (non-hydrogen) atoms. The molecule has 1 fully saturated rings. The maximum absolute atomic E-state index is 12.5. The Bertz CT molecular complexity index is 617. The molecule has 2 aromatic heterocycles. The summed E-state index contributed by atoms with van der Waals surface area (Å²) in [4.78, 5) is 12.5. The summed E-state index contributed by atoms with van der Waals surface area (Å²) in [6.07, 6.45) is 4.57. The van der Waals surface area contributed by atoms with Gasteiger partial charge in [-0.1, -0.05) is 13.0 Å². The van der Waals surface area contributed by atoms with Crippen molar-refractivity contribution in [3.05, 3.63) is 36.2 Å². The first-order chi connectivity index (χ1) is 9.66. The Hall–Kier alpha value is -1.59. The van der Waals surface area contributed by atoms with Crippen molar-refractivity contribution in [1.82, 2.24) is 20.2 Å². The fourth-order valence-electron chi connectivity index (χ4n) is 2.94. The summed E-state index contributed by atoms with van der Waals surface area (Å²) in [6, 6.07) is 6.19. The number of hydrogen-bond acceptors (Lipinski definition) is 3. The molecule has 0 saturated carbocycles. The number of halogens is 1. The Morgan fingerprint density at radius 1 is 1.43 bits per heavy atom. The van der Waals surface area contributed by atoms with E-state index in [2.05, 4.69) is 29.6 Å². The van der Waals surface area contributed by atoms with E-state index in [4.69, 9.17) is 0 Å². The summed E-state index contributed by atoms with van der Waals surface area (Å²) in [6.45, 7) is 5.33. The molecule has 5 nitrogen and oxygen atoms in total. The number of amides is 1. The zero-order valence-electron chi connectivity index (χ0n) is 12.2. The maximum Gasteiger partial charge on any atom is 0.255 e. The van der Waals surface area contributed by atoms with Crippen LogP contribution in [0.5, 0.6) is 0 Å². The van der Waals surface area contributed by atoms with Gasteiger partial charge in [0.05, 0.1) is 17.3 Å². The van der Waals surface area contributed by atoms with Crippen LogP contribution in [0.15, 0.2) is 30.6 Å². The van der Waals surface area contributed by atoms with Gasteiger partial charge in [-0.3, -0.25) is 4.79 Å². The normalized spacial score (nSPS) is 25.3. The monoisotopic (exact) mass is 308 g/mol. The summed E-state index contributed by atoms with van der Waals surface area (Å²) in [5, 5.41) is 10.8. The molecule has 1 aliphatic rings. The number of pyridine rings is 1. The second-order valence-electron chi connectivity index (χ2n) is 5.60. The fraction of sp³-hybridized carbons (Fsp3) is 0.467. The summed E-state index contributed by atoms with van der Waals surface area (Å²) in [5.74, 6) is 0.440. The molecule has 3 atom stereocenters. The lowest BCUT2D eigenvalue weighted by Gasteiger charge is -2.35. The predicted molar refractivity (Wildman–Crippen MR) is 84.9 cm³/mol. The van der Waals surface area contributed by atoms with Crippen molar-refractivity contribution in [2.45, 2.75) is 32.4 Å². The van der Waals surface area contributed by atoms with Crippen LogP contribution >= 0.6 is 12.4 Å². The minimum absolute atomic E-state index is 0. The number of carbonyl (C=O) groups is 1. The number of aromatic nitrogens is 2. The molecule has 1 aliphatic heterocycles. The molecule has 0 aliphatic carbocycles. The van der Waals surface area contributed by atoms with Crippen LogP contribution in [0.2, 0.25) is 0 Å². The van der Waals surface area contributed by atoms with E-state index in [9.17, 15) is 4.79 Å². The van der Waals surface area contributed by atoms with Crippen LogP contribution in [-0.4, -0.2) is 34.1 Å². The van der Waals surface area contributed by atoms with Crippen molar-refractivity contribution >= 4 is 23.8 Å². The average molecular weight is 309 g/mol. The van der Waals surface area contributed by atoms with Gasteiger partial charge in [0.25, 0.3) is 5.91 Å². The molecule has 0 bridgehead atoms. The highest BCUT2D eigenvalue weighted by Gasteiger charge is 2.29. The molecule has 6 heteroatoms. The minimum atomic E-state index is -0.0430. The van der Waals surface area contributed by atoms with E-state index in [0.29, 0.717) is 17.5 Å². The largest absolute Gasteiger partial charge is 0.347 e.